The molecule has 1 aromatic heterocycles. The molecule has 2 bridgehead atoms. The summed E-state index contributed by atoms with van der Waals surface area (Å²) >= 11 is 0. The molecule has 2 saturated carbocycles. The van der Waals surface area contributed by atoms with Crippen molar-refractivity contribution in [3.05, 3.63) is 180 Å². The number of hydrogen-bond donors (Lipinski definition) is 0. The lowest BCUT2D eigenvalue weighted by molar-refractivity contribution is 0.151. The SMILES string of the molecule is N#Cc1c(-c2ccccc2)nc(-c2ccccc2)nc1-c1ccc(C2CC3CC(C2)CC(c2ccc(-c4c5ccccc5c(C#N)c5ccccc45)cc2)C3)cc1. The highest BCUT2D eigenvalue weighted by molar-refractivity contribution is 6.16. The quantitative estimate of drug-likeness (QED) is 0.160. The van der Waals surface area contributed by atoms with E-state index in [4.69, 9.17) is 9.97 Å². The maximum absolute atomic E-state index is 10.5. The Morgan fingerprint density at radius 1 is 0.386 bits per heavy atom. The molecule has 4 nitrogen and oxygen atoms in total. The monoisotopic (exact) mass is 732 g/mol. The maximum atomic E-state index is 10.5. The number of aromatic nitrogens is 2. The molecule has 2 atom stereocenters. The van der Waals surface area contributed by atoms with Gasteiger partial charge in [0.2, 0.25) is 0 Å². The van der Waals surface area contributed by atoms with Crippen molar-refractivity contribution < 1.29 is 0 Å². The standard InChI is InChI=1S/C53H40N4/c54-32-48-44-15-7-9-17-46(44)50(47-18-10-8-16-45(47)48)38-23-19-36(20-24-38)42-28-34-27-35(29-42)31-43(30-34)37-21-25-40(26-22-37)52-49(33-55)51(39-11-3-1-4-12-39)56-53(57-52)41-13-5-2-6-14-41/h1-26,34-35,42-43H,27-31H2. The fourth-order valence-electron chi connectivity index (χ4n) is 10.1. The van der Waals surface area contributed by atoms with Crippen molar-refractivity contribution in [3.8, 4) is 57.2 Å². The molecule has 0 spiro atoms. The van der Waals surface area contributed by atoms with Crippen LogP contribution in [0, 0.1) is 34.5 Å². The fraction of sp³-hybridized carbons (Fsp3) is 0.170. The second kappa shape index (κ2) is 14.6. The molecule has 2 fully saturated rings. The van der Waals surface area contributed by atoms with Crippen LogP contribution in [0.4, 0.5) is 0 Å². The molecule has 2 aliphatic carbocycles. The topological polar surface area (TPSA) is 73.4 Å². The molecule has 10 rings (SSSR count). The normalized spacial score (nSPS) is 18.8. The van der Waals surface area contributed by atoms with Gasteiger partial charge in [0.05, 0.1) is 17.0 Å². The summed E-state index contributed by atoms with van der Waals surface area (Å²) in [5.41, 5.74) is 10.6. The molecule has 0 aliphatic heterocycles. The van der Waals surface area contributed by atoms with E-state index >= 15 is 0 Å². The van der Waals surface area contributed by atoms with Crippen molar-refractivity contribution in [2.45, 2.75) is 43.9 Å². The smallest absolute Gasteiger partial charge is 0.160 e. The first-order valence-electron chi connectivity index (χ1n) is 20.1. The molecule has 57 heavy (non-hydrogen) atoms. The highest BCUT2D eigenvalue weighted by atomic mass is 14.9. The van der Waals surface area contributed by atoms with E-state index in [2.05, 4.69) is 97.1 Å². The highest BCUT2D eigenvalue weighted by Crippen LogP contribution is 2.51. The average Bonchev–Trinajstić information content (AvgIpc) is 3.28. The molecule has 8 aromatic rings. The third-order valence-electron chi connectivity index (χ3n) is 12.6. The van der Waals surface area contributed by atoms with Crippen LogP contribution in [0.25, 0.3) is 66.6 Å². The summed E-state index contributed by atoms with van der Waals surface area (Å²) < 4.78 is 0. The lowest BCUT2D eigenvalue weighted by Gasteiger charge is -2.43. The molecular weight excluding hydrogens is 693 g/mol. The van der Waals surface area contributed by atoms with Crippen LogP contribution in [0.3, 0.4) is 0 Å². The van der Waals surface area contributed by atoms with Gasteiger partial charge in [0.25, 0.3) is 0 Å². The minimum atomic E-state index is 0.499. The predicted molar refractivity (Wildman–Crippen MR) is 230 cm³/mol. The summed E-state index contributed by atoms with van der Waals surface area (Å²) in [6.45, 7) is 0. The van der Waals surface area contributed by atoms with E-state index in [1.54, 1.807) is 0 Å². The van der Waals surface area contributed by atoms with E-state index in [1.165, 1.54) is 54.4 Å². The number of benzene rings is 7. The van der Waals surface area contributed by atoms with Gasteiger partial charge in [-0.25, -0.2) is 9.97 Å². The molecule has 0 N–H and O–H groups in total. The van der Waals surface area contributed by atoms with Gasteiger partial charge in [0, 0.05) is 27.5 Å². The largest absolute Gasteiger partial charge is 0.227 e. The Labute approximate surface area is 333 Å². The van der Waals surface area contributed by atoms with E-state index in [9.17, 15) is 10.5 Å². The Balaban J connectivity index is 0.896. The van der Waals surface area contributed by atoms with E-state index in [0.29, 0.717) is 46.4 Å². The molecule has 1 heterocycles. The van der Waals surface area contributed by atoms with Crippen LogP contribution >= 0.6 is 0 Å². The van der Waals surface area contributed by atoms with Gasteiger partial charge in [-0.2, -0.15) is 10.5 Å². The van der Waals surface area contributed by atoms with Gasteiger partial charge in [-0.3, -0.25) is 0 Å². The number of fused-ring (bicyclic) bond motifs is 4. The lowest BCUT2D eigenvalue weighted by Crippen LogP contribution is -2.29. The summed E-state index contributed by atoms with van der Waals surface area (Å²) in [6, 6.07) is 59.8. The predicted octanol–water partition coefficient (Wildman–Crippen LogP) is 13.3. The van der Waals surface area contributed by atoms with Gasteiger partial charge in [-0.1, -0.05) is 158 Å². The third kappa shape index (κ3) is 6.34. The number of nitrogens with zero attached hydrogens (tertiary/aromatic N) is 4. The minimum Gasteiger partial charge on any atom is -0.227 e. The fourth-order valence-corrected chi connectivity index (χ4v) is 10.1. The van der Waals surface area contributed by atoms with Gasteiger partial charge in [-0.15, -0.1) is 0 Å². The summed E-state index contributed by atoms with van der Waals surface area (Å²) in [5, 5.41) is 24.9. The van der Waals surface area contributed by atoms with Crippen LogP contribution in [0.2, 0.25) is 0 Å². The molecule has 272 valence electrons. The van der Waals surface area contributed by atoms with Crippen molar-refractivity contribution >= 4 is 21.5 Å². The highest BCUT2D eigenvalue weighted by Gasteiger charge is 2.37. The van der Waals surface area contributed by atoms with Crippen LogP contribution in [0.1, 0.15) is 66.2 Å². The zero-order chi connectivity index (χ0) is 38.3. The summed E-state index contributed by atoms with van der Waals surface area (Å²) in [4.78, 5) is 9.93. The van der Waals surface area contributed by atoms with E-state index in [1.807, 2.05) is 72.8 Å². The minimum absolute atomic E-state index is 0.499. The molecule has 0 amide bonds. The first kappa shape index (κ1) is 34.6. The van der Waals surface area contributed by atoms with Crippen molar-refractivity contribution in [2.24, 2.45) is 11.8 Å². The Kier molecular flexibility index (Phi) is 8.89. The van der Waals surface area contributed by atoms with Crippen LogP contribution in [-0.2, 0) is 0 Å². The van der Waals surface area contributed by atoms with Crippen molar-refractivity contribution in [1.29, 1.82) is 10.5 Å². The van der Waals surface area contributed by atoms with Crippen LogP contribution < -0.4 is 0 Å². The summed E-state index contributed by atoms with van der Waals surface area (Å²) in [5.74, 6) is 3.12. The molecule has 4 heteroatoms. The molecule has 2 aliphatic rings. The van der Waals surface area contributed by atoms with Gasteiger partial charge in [0.15, 0.2) is 5.82 Å². The van der Waals surface area contributed by atoms with E-state index < -0.39 is 0 Å². The van der Waals surface area contributed by atoms with Crippen LogP contribution in [0.15, 0.2) is 158 Å². The zero-order valence-electron chi connectivity index (χ0n) is 31.6. The van der Waals surface area contributed by atoms with Crippen molar-refractivity contribution in [3.63, 3.8) is 0 Å². The molecule has 0 saturated heterocycles. The van der Waals surface area contributed by atoms with Gasteiger partial charge < -0.3 is 0 Å². The summed E-state index contributed by atoms with van der Waals surface area (Å²) in [6.07, 6.45) is 6.19. The Bertz CT molecular complexity index is 2780. The summed E-state index contributed by atoms with van der Waals surface area (Å²) in [7, 11) is 0. The zero-order valence-corrected chi connectivity index (χ0v) is 31.6. The van der Waals surface area contributed by atoms with Gasteiger partial charge in [-0.05, 0) is 88.8 Å². The molecular formula is C53H40N4. The Morgan fingerprint density at radius 3 is 1.26 bits per heavy atom. The molecule has 2 unspecified atom stereocenters. The Hall–Kier alpha value is -6.88. The maximum Gasteiger partial charge on any atom is 0.160 e. The van der Waals surface area contributed by atoms with Crippen molar-refractivity contribution in [2.75, 3.05) is 0 Å². The first-order chi connectivity index (χ1) is 28.1. The van der Waals surface area contributed by atoms with Crippen molar-refractivity contribution in [1.82, 2.24) is 9.97 Å². The van der Waals surface area contributed by atoms with Crippen LogP contribution in [0.5, 0.6) is 0 Å². The Morgan fingerprint density at radius 2 is 0.789 bits per heavy atom. The molecule has 0 radical (unpaired) electrons. The number of rotatable bonds is 6. The third-order valence-corrected chi connectivity index (χ3v) is 12.6. The average molecular weight is 733 g/mol. The van der Waals surface area contributed by atoms with E-state index in [0.717, 1.165) is 43.8 Å². The number of hydrogen-bond acceptors (Lipinski definition) is 4. The van der Waals surface area contributed by atoms with Crippen LogP contribution in [-0.4, -0.2) is 9.97 Å². The lowest BCUT2D eigenvalue weighted by atomic mass is 9.62. The molecule has 7 aromatic carbocycles. The first-order valence-corrected chi connectivity index (χ1v) is 20.1. The van der Waals surface area contributed by atoms with Gasteiger partial charge in [0.1, 0.15) is 17.7 Å². The second-order valence-corrected chi connectivity index (χ2v) is 16.0. The second-order valence-electron chi connectivity index (χ2n) is 16.0. The van der Waals surface area contributed by atoms with Gasteiger partial charge >= 0.3 is 0 Å². The number of nitriles is 2. The van der Waals surface area contributed by atoms with E-state index in [-0.39, 0.29) is 0 Å².